The normalized spacial score (nSPS) is 11.9. The van der Waals surface area contributed by atoms with Gasteiger partial charge in [-0.15, -0.1) is 11.8 Å². The summed E-state index contributed by atoms with van der Waals surface area (Å²) in [6, 6.07) is 26.5. The van der Waals surface area contributed by atoms with Crippen molar-refractivity contribution < 1.29 is 9.47 Å². The third-order valence-electron chi connectivity index (χ3n) is 5.12. The average Bonchev–Trinajstić information content (AvgIpc) is 2.82. The fourth-order valence-corrected chi connectivity index (χ4v) is 4.55. The van der Waals surface area contributed by atoms with E-state index in [1.165, 1.54) is 5.56 Å². The van der Waals surface area contributed by atoms with Crippen molar-refractivity contribution in [1.82, 2.24) is 9.97 Å². The lowest BCUT2D eigenvalue weighted by atomic mass is 10.0. The third kappa shape index (κ3) is 4.28. The fraction of sp³-hybridized carbons (Fsp3) is 0.154. The number of thioether (sulfide) groups is 1. The van der Waals surface area contributed by atoms with Crippen molar-refractivity contribution in [3.8, 4) is 28.8 Å². The van der Waals surface area contributed by atoms with E-state index in [-0.39, 0.29) is 0 Å². The quantitative estimate of drug-likeness (QED) is 0.228. The van der Waals surface area contributed by atoms with Crippen molar-refractivity contribution >= 4 is 11.8 Å². The summed E-state index contributed by atoms with van der Waals surface area (Å²) in [7, 11) is 0. The summed E-state index contributed by atoms with van der Waals surface area (Å²) >= 11 is 1.73. The number of fused-ring (bicyclic) bond motifs is 2. The largest absolute Gasteiger partial charge is 0.494 e. The number of hydrogen-bond acceptors (Lipinski definition) is 5. The molecule has 0 unspecified atom stereocenters. The van der Waals surface area contributed by atoms with Gasteiger partial charge in [-0.3, -0.25) is 0 Å². The summed E-state index contributed by atoms with van der Waals surface area (Å²) in [4.78, 5) is 9.74. The molecule has 154 valence electrons. The van der Waals surface area contributed by atoms with Crippen LogP contribution in [0, 0.1) is 0 Å². The van der Waals surface area contributed by atoms with Crippen LogP contribution in [0.15, 0.2) is 83.9 Å². The van der Waals surface area contributed by atoms with Crippen LogP contribution in [0.25, 0.3) is 11.4 Å². The van der Waals surface area contributed by atoms with Crippen LogP contribution in [0.4, 0.5) is 0 Å². The number of hydrogen-bond donors (Lipinski definition) is 0. The van der Waals surface area contributed by atoms with Crippen LogP contribution in [0.2, 0.25) is 0 Å². The molecule has 3 aromatic carbocycles. The minimum atomic E-state index is 0.641. The highest BCUT2D eigenvalue weighted by Gasteiger charge is 2.24. The van der Waals surface area contributed by atoms with Gasteiger partial charge < -0.3 is 9.47 Å². The molecule has 0 fully saturated rings. The van der Waals surface area contributed by atoms with E-state index < -0.39 is 0 Å². The molecule has 0 aliphatic carbocycles. The Labute approximate surface area is 186 Å². The molecule has 0 radical (unpaired) electrons. The Morgan fingerprint density at radius 1 is 0.903 bits per heavy atom. The SMILES string of the molecule is CCOc1ccc(-c2nc3c(c(SCc4ccccc4)n2)Cc2ccccc2O3)cc1. The van der Waals surface area contributed by atoms with Crippen molar-refractivity contribution in [2.24, 2.45) is 0 Å². The van der Waals surface area contributed by atoms with Crippen LogP contribution < -0.4 is 9.47 Å². The molecular weight excluding hydrogens is 404 g/mol. The highest BCUT2D eigenvalue weighted by atomic mass is 32.2. The van der Waals surface area contributed by atoms with Crippen LogP contribution in [0.3, 0.4) is 0 Å². The van der Waals surface area contributed by atoms with Gasteiger partial charge in [-0.05, 0) is 48.4 Å². The second-order valence-corrected chi connectivity index (χ2v) is 8.22. The second-order valence-electron chi connectivity index (χ2n) is 7.25. The molecule has 0 amide bonds. The third-order valence-corrected chi connectivity index (χ3v) is 6.21. The van der Waals surface area contributed by atoms with Crippen molar-refractivity contribution in [1.29, 1.82) is 0 Å². The van der Waals surface area contributed by atoms with Gasteiger partial charge in [0, 0.05) is 17.7 Å². The second kappa shape index (κ2) is 8.82. The van der Waals surface area contributed by atoms with Gasteiger partial charge in [0.05, 0.1) is 12.2 Å². The number of ether oxygens (including phenoxy) is 2. The summed E-state index contributed by atoms with van der Waals surface area (Å²) in [5.41, 5.74) is 4.41. The first-order valence-corrected chi connectivity index (χ1v) is 11.4. The monoisotopic (exact) mass is 426 g/mol. The molecule has 5 heteroatoms. The molecular formula is C26H22N2O2S. The zero-order chi connectivity index (χ0) is 21.0. The van der Waals surface area contributed by atoms with Crippen LogP contribution in [-0.4, -0.2) is 16.6 Å². The van der Waals surface area contributed by atoms with E-state index in [1.807, 2.05) is 55.5 Å². The smallest absolute Gasteiger partial charge is 0.227 e. The van der Waals surface area contributed by atoms with E-state index >= 15 is 0 Å². The summed E-state index contributed by atoms with van der Waals surface area (Å²) in [6.07, 6.45) is 0.770. The van der Waals surface area contributed by atoms with Crippen molar-refractivity contribution in [2.45, 2.75) is 24.1 Å². The first-order chi connectivity index (χ1) is 15.3. The summed E-state index contributed by atoms with van der Waals surface area (Å²) in [5.74, 6) is 3.86. The highest BCUT2D eigenvalue weighted by molar-refractivity contribution is 7.98. The molecule has 0 atom stereocenters. The molecule has 0 spiro atoms. The molecule has 2 heterocycles. The van der Waals surface area contributed by atoms with Gasteiger partial charge in [-0.1, -0.05) is 48.5 Å². The lowest BCUT2D eigenvalue weighted by molar-refractivity contribution is 0.340. The van der Waals surface area contributed by atoms with Gasteiger partial charge in [0.1, 0.15) is 16.5 Å². The van der Waals surface area contributed by atoms with Gasteiger partial charge in [-0.2, -0.15) is 4.98 Å². The molecule has 1 aliphatic heterocycles. The molecule has 0 saturated heterocycles. The minimum absolute atomic E-state index is 0.641. The number of benzene rings is 3. The van der Waals surface area contributed by atoms with Gasteiger partial charge in [-0.25, -0.2) is 4.98 Å². The molecule has 1 aromatic heterocycles. The van der Waals surface area contributed by atoms with Crippen LogP contribution in [0.5, 0.6) is 17.4 Å². The van der Waals surface area contributed by atoms with Gasteiger partial charge in [0.15, 0.2) is 5.82 Å². The number of aromatic nitrogens is 2. The topological polar surface area (TPSA) is 44.2 Å². The van der Waals surface area contributed by atoms with E-state index in [4.69, 9.17) is 19.4 Å². The minimum Gasteiger partial charge on any atom is -0.494 e. The first kappa shape index (κ1) is 19.6. The summed E-state index contributed by atoms with van der Waals surface area (Å²) in [5, 5.41) is 0.965. The Morgan fingerprint density at radius 3 is 2.48 bits per heavy atom. The Kier molecular flexibility index (Phi) is 5.59. The fourth-order valence-electron chi connectivity index (χ4n) is 3.56. The number of para-hydroxylation sites is 1. The lowest BCUT2D eigenvalue weighted by Gasteiger charge is -2.21. The van der Waals surface area contributed by atoms with Crippen LogP contribution in [-0.2, 0) is 12.2 Å². The van der Waals surface area contributed by atoms with Crippen LogP contribution in [0.1, 0.15) is 23.6 Å². The van der Waals surface area contributed by atoms with Gasteiger partial charge in [0.25, 0.3) is 0 Å². The number of rotatable bonds is 6. The van der Waals surface area contributed by atoms with E-state index in [0.29, 0.717) is 18.3 Å². The number of nitrogens with zero attached hydrogens (tertiary/aromatic N) is 2. The van der Waals surface area contributed by atoms with Crippen molar-refractivity contribution in [3.63, 3.8) is 0 Å². The average molecular weight is 427 g/mol. The standard InChI is InChI=1S/C26H22N2O2S/c1-2-29-21-14-12-19(13-15-21)24-27-25-22(16-20-10-6-7-11-23(20)30-25)26(28-24)31-17-18-8-4-3-5-9-18/h3-15H,2,16-17H2,1H3. The summed E-state index contributed by atoms with van der Waals surface area (Å²) in [6.45, 7) is 2.62. The molecule has 4 nitrogen and oxygen atoms in total. The molecule has 0 saturated carbocycles. The van der Waals surface area contributed by atoms with E-state index in [2.05, 4.69) is 30.3 Å². The van der Waals surface area contributed by atoms with Gasteiger partial charge >= 0.3 is 0 Å². The molecule has 31 heavy (non-hydrogen) atoms. The molecule has 5 rings (SSSR count). The van der Waals surface area contributed by atoms with E-state index in [9.17, 15) is 0 Å². The molecule has 0 bridgehead atoms. The highest BCUT2D eigenvalue weighted by Crippen LogP contribution is 2.41. The zero-order valence-electron chi connectivity index (χ0n) is 17.2. The molecule has 1 aliphatic rings. The Morgan fingerprint density at radius 2 is 1.68 bits per heavy atom. The van der Waals surface area contributed by atoms with Crippen LogP contribution >= 0.6 is 11.8 Å². The molecule has 0 N–H and O–H groups in total. The van der Waals surface area contributed by atoms with Gasteiger partial charge in [0.2, 0.25) is 5.88 Å². The Balaban J connectivity index is 1.52. The van der Waals surface area contributed by atoms with Crippen molar-refractivity contribution in [2.75, 3.05) is 6.61 Å². The Hall–Kier alpha value is -3.31. The lowest BCUT2D eigenvalue weighted by Crippen LogP contribution is -2.09. The maximum Gasteiger partial charge on any atom is 0.227 e. The first-order valence-electron chi connectivity index (χ1n) is 10.4. The Bertz CT molecular complexity index is 1190. The maximum atomic E-state index is 6.21. The van der Waals surface area contributed by atoms with Crippen molar-refractivity contribution in [3.05, 3.63) is 95.6 Å². The molecule has 4 aromatic rings. The van der Waals surface area contributed by atoms with E-state index in [0.717, 1.165) is 45.4 Å². The predicted molar refractivity (Wildman–Crippen MR) is 124 cm³/mol. The predicted octanol–water partition coefficient (Wildman–Crippen LogP) is 6.53. The summed E-state index contributed by atoms with van der Waals surface area (Å²) < 4.78 is 11.8. The zero-order valence-corrected chi connectivity index (χ0v) is 18.1. The van der Waals surface area contributed by atoms with E-state index in [1.54, 1.807) is 11.8 Å². The maximum absolute atomic E-state index is 6.21.